The third kappa shape index (κ3) is 3.10. The topological polar surface area (TPSA) is 78.2 Å². The molecule has 3 aromatic heterocycles. The zero-order valence-electron chi connectivity index (χ0n) is 17.1. The molecule has 0 saturated heterocycles. The molecule has 0 N–H and O–H groups in total. The van der Waals surface area contributed by atoms with E-state index in [0.717, 1.165) is 62.1 Å². The highest BCUT2D eigenvalue weighted by molar-refractivity contribution is 7.09. The van der Waals surface area contributed by atoms with Gasteiger partial charge in [-0.1, -0.05) is 19.0 Å². The van der Waals surface area contributed by atoms with Crippen molar-refractivity contribution < 1.29 is 9.32 Å². The molecule has 0 bridgehead atoms. The number of amides is 1. The van der Waals surface area contributed by atoms with E-state index in [1.165, 1.54) is 16.1 Å². The number of carbonyl (C=O) groups excluding carboxylic acids is 1. The molecule has 3 aromatic rings. The van der Waals surface area contributed by atoms with Crippen molar-refractivity contribution in [3.05, 3.63) is 38.6 Å². The summed E-state index contributed by atoms with van der Waals surface area (Å²) in [6, 6.07) is 0. The summed E-state index contributed by atoms with van der Waals surface area (Å²) >= 11 is 1.59. The smallest absolute Gasteiger partial charge is 0.302 e. The first-order chi connectivity index (χ1) is 14.0. The lowest BCUT2D eigenvalue weighted by atomic mass is 9.96. The van der Waals surface area contributed by atoms with E-state index >= 15 is 0 Å². The van der Waals surface area contributed by atoms with Gasteiger partial charge < -0.3 is 9.09 Å². The third-order valence-electron chi connectivity index (χ3n) is 5.78. The molecule has 3 heterocycles. The predicted molar refractivity (Wildman–Crippen MR) is 110 cm³/mol. The first-order valence-electron chi connectivity index (χ1n) is 10.3. The first kappa shape index (κ1) is 18.5. The number of thiazole rings is 1. The van der Waals surface area contributed by atoms with Crippen LogP contribution in [0, 0.1) is 5.92 Å². The largest absolute Gasteiger partial charge is 0.360 e. The molecule has 2 aliphatic rings. The lowest BCUT2D eigenvalue weighted by Crippen LogP contribution is -2.17. The van der Waals surface area contributed by atoms with Crippen LogP contribution >= 0.6 is 11.3 Å². The SMILES string of the molecule is CC(C)Cn1ncc2c1CCc1sc(=NC(=O)c3noc4c3CCCC4)n(C)c1-2. The lowest BCUT2D eigenvalue weighted by Gasteiger charge is -2.16. The standard InChI is InChI=1S/C21H25N5O2S/c1-12(2)11-26-15-8-9-17-19(14(15)10-22-26)25(3)21(29-17)23-20(27)18-13-6-4-5-7-16(13)28-24-18/h10,12H,4-9,11H2,1-3H3. The van der Waals surface area contributed by atoms with Gasteiger partial charge in [0.05, 0.1) is 11.9 Å². The Morgan fingerprint density at radius 2 is 2.10 bits per heavy atom. The summed E-state index contributed by atoms with van der Waals surface area (Å²) in [5.41, 5.74) is 4.92. The Morgan fingerprint density at radius 3 is 2.93 bits per heavy atom. The van der Waals surface area contributed by atoms with Crippen molar-refractivity contribution in [3.63, 3.8) is 0 Å². The number of hydrogen-bond acceptors (Lipinski definition) is 5. The Hall–Kier alpha value is -2.48. The van der Waals surface area contributed by atoms with Crippen LogP contribution in [0.5, 0.6) is 0 Å². The van der Waals surface area contributed by atoms with Crippen molar-refractivity contribution >= 4 is 17.2 Å². The van der Waals surface area contributed by atoms with Crippen molar-refractivity contribution in [1.29, 1.82) is 0 Å². The van der Waals surface area contributed by atoms with Gasteiger partial charge in [-0.05, 0) is 38.0 Å². The molecule has 0 aliphatic heterocycles. The molecule has 0 unspecified atom stereocenters. The van der Waals surface area contributed by atoms with E-state index in [-0.39, 0.29) is 5.91 Å². The monoisotopic (exact) mass is 411 g/mol. The van der Waals surface area contributed by atoms with Crippen LogP contribution < -0.4 is 4.80 Å². The minimum Gasteiger partial charge on any atom is -0.360 e. The molecule has 5 rings (SSSR count). The van der Waals surface area contributed by atoms with Gasteiger partial charge in [-0.15, -0.1) is 11.3 Å². The Balaban J connectivity index is 1.54. The summed E-state index contributed by atoms with van der Waals surface area (Å²) < 4.78 is 9.55. The Labute approximate surface area is 173 Å². The van der Waals surface area contributed by atoms with Crippen molar-refractivity contribution in [2.45, 2.75) is 58.9 Å². The van der Waals surface area contributed by atoms with E-state index in [4.69, 9.17) is 4.52 Å². The third-order valence-corrected chi connectivity index (χ3v) is 6.97. The summed E-state index contributed by atoms with van der Waals surface area (Å²) in [6.07, 6.45) is 7.75. The summed E-state index contributed by atoms with van der Waals surface area (Å²) in [4.78, 5) is 19.3. The Bertz CT molecular complexity index is 1160. The Morgan fingerprint density at radius 1 is 1.28 bits per heavy atom. The fourth-order valence-corrected chi connectivity index (χ4v) is 5.53. The number of aromatic nitrogens is 4. The number of nitrogens with zero attached hydrogens (tertiary/aromatic N) is 5. The van der Waals surface area contributed by atoms with Gasteiger partial charge in [-0.25, -0.2) is 0 Å². The highest BCUT2D eigenvalue weighted by atomic mass is 32.1. The number of rotatable bonds is 3. The molecule has 7 nitrogen and oxygen atoms in total. The second-order valence-corrected chi connectivity index (χ2v) is 9.42. The van der Waals surface area contributed by atoms with E-state index in [1.54, 1.807) is 11.3 Å². The molecule has 0 atom stereocenters. The number of hydrogen-bond donors (Lipinski definition) is 0. The second-order valence-electron chi connectivity index (χ2n) is 8.35. The van der Waals surface area contributed by atoms with Crippen LogP contribution in [0.4, 0.5) is 0 Å². The molecule has 0 aromatic carbocycles. The molecule has 1 amide bonds. The van der Waals surface area contributed by atoms with E-state index in [9.17, 15) is 4.79 Å². The van der Waals surface area contributed by atoms with Crippen LogP contribution in [-0.2, 0) is 39.3 Å². The summed E-state index contributed by atoms with van der Waals surface area (Å²) in [7, 11) is 1.98. The Kier molecular flexibility index (Phi) is 4.53. The average Bonchev–Trinajstić information content (AvgIpc) is 3.38. The van der Waals surface area contributed by atoms with Gasteiger partial charge in [0.1, 0.15) is 5.76 Å². The van der Waals surface area contributed by atoms with Crippen molar-refractivity contribution in [2.75, 3.05) is 0 Å². The van der Waals surface area contributed by atoms with E-state index < -0.39 is 0 Å². The second kappa shape index (κ2) is 7.09. The average molecular weight is 412 g/mol. The first-order valence-corrected chi connectivity index (χ1v) is 11.1. The van der Waals surface area contributed by atoms with Crippen LogP contribution in [0.3, 0.4) is 0 Å². The van der Waals surface area contributed by atoms with Crippen LogP contribution in [0.2, 0.25) is 0 Å². The van der Waals surface area contributed by atoms with Gasteiger partial charge in [0, 0.05) is 41.7 Å². The highest BCUT2D eigenvalue weighted by Gasteiger charge is 2.27. The number of fused-ring (bicyclic) bond motifs is 4. The molecule has 2 aliphatic carbocycles. The quantitative estimate of drug-likeness (QED) is 0.662. The highest BCUT2D eigenvalue weighted by Crippen LogP contribution is 2.34. The van der Waals surface area contributed by atoms with Crippen LogP contribution in [0.15, 0.2) is 15.7 Å². The van der Waals surface area contributed by atoms with E-state index in [1.807, 2.05) is 17.8 Å². The maximum atomic E-state index is 12.9. The fraction of sp³-hybridized carbons (Fsp3) is 0.524. The van der Waals surface area contributed by atoms with Crippen LogP contribution in [-0.4, -0.2) is 25.4 Å². The van der Waals surface area contributed by atoms with Gasteiger partial charge in [-0.3, -0.25) is 9.48 Å². The maximum Gasteiger partial charge on any atom is 0.302 e. The summed E-state index contributed by atoms with van der Waals surface area (Å²) in [6.45, 7) is 5.34. The predicted octanol–water partition coefficient (Wildman–Crippen LogP) is 3.31. The molecule has 0 fully saturated rings. The molecule has 29 heavy (non-hydrogen) atoms. The van der Waals surface area contributed by atoms with Gasteiger partial charge in [-0.2, -0.15) is 10.1 Å². The van der Waals surface area contributed by atoms with Crippen molar-refractivity contribution in [2.24, 2.45) is 18.0 Å². The van der Waals surface area contributed by atoms with Crippen LogP contribution in [0.25, 0.3) is 11.3 Å². The molecular formula is C21H25N5O2S. The summed E-state index contributed by atoms with van der Waals surface area (Å²) in [5, 5.41) is 8.66. The van der Waals surface area contributed by atoms with Gasteiger partial charge in [0.15, 0.2) is 10.5 Å². The lowest BCUT2D eigenvalue weighted by molar-refractivity contribution is 0.0988. The van der Waals surface area contributed by atoms with Gasteiger partial charge in [0.25, 0.3) is 0 Å². The zero-order valence-corrected chi connectivity index (χ0v) is 17.9. The van der Waals surface area contributed by atoms with Gasteiger partial charge in [0.2, 0.25) is 0 Å². The van der Waals surface area contributed by atoms with Crippen molar-refractivity contribution in [1.82, 2.24) is 19.5 Å². The number of carbonyl (C=O) groups is 1. The molecule has 0 saturated carbocycles. The van der Waals surface area contributed by atoms with Gasteiger partial charge >= 0.3 is 5.91 Å². The molecule has 8 heteroatoms. The molecule has 0 spiro atoms. The summed E-state index contributed by atoms with van der Waals surface area (Å²) in [5.74, 6) is 1.10. The number of aryl methyl sites for hydroxylation is 2. The maximum absolute atomic E-state index is 12.9. The van der Waals surface area contributed by atoms with Crippen LogP contribution in [0.1, 0.15) is 59.1 Å². The normalized spacial score (nSPS) is 16.1. The zero-order chi connectivity index (χ0) is 20.1. The minimum absolute atomic E-state index is 0.304. The van der Waals surface area contributed by atoms with Crippen molar-refractivity contribution in [3.8, 4) is 11.3 Å². The van der Waals surface area contributed by atoms with E-state index in [2.05, 4.69) is 33.8 Å². The minimum atomic E-state index is -0.304. The molecule has 152 valence electrons. The fourth-order valence-electron chi connectivity index (χ4n) is 4.41. The van der Waals surface area contributed by atoms with E-state index in [0.29, 0.717) is 16.4 Å². The molecular weight excluding hydrogens is 386 g/mol. The molecule has 0 radical (unpaired) electrons.